The molecule has 16 nitrogen and oxygen atoms in total. The van der Waals surface area contributed by atoms with E-state index in [1.165, 1.54) is 43.5 Å². The number of ether oxygens (including phenoxy) is 1. The minimum Gasteiger partial charge on any atom is -0.482 e. The third-order valence-electron chi connectivity index (χ3n) is 5.27. The quantitative estimate of drug-likeness (QED) is 0.164. The molecule has 18 heteroatoms. The van der Waals surface area contributed by atoms with Crippen molar-refractivity contribution >= 4 is 60.6 Å². The van der Waals surface area contributed by atoms with Gasteiger partial charge in [0, 0.05) is 112 Å². The molecule has 0 aromatic carbocycles. The molecule has 4 aromatic heterocycles. The second-order valence-corrected chi connectivity index (χ2v) is 11.4. The van der Waals surface area contributed by atoms with E-state index in [1.54, 1.807) is 104 Å². The summed E-state index contributed by atoms with van der Waals surface area (Å²) >= 11 is 3.43. The maximum atomic E-state index is 4.65. The highest BCUT2D eigenvalue weighted by Crippen LogP contribution is 2.07. The number of oxime groups is 1. The van der Waals surface area contributed by atoms with E-state index in [9.17, 15) is 0 Å². The maximum Gasteiger partial charge on any atom is 0.169 e. The summed E-state index contributed by atoms with van der Waals surface area (Å²) in [6, 6.07) is 11.1. The largest absolute Gasteiger partial charge is 0.482 e. The van der Waals surface area contributed by atoms with Gasteiger partial charge in [-0.3, -0.25) is 34.9 Å². The average Bonchev–Trinajstić information content (AvgIpc) is 4.63. The zero-order valence-corrected chi connectivity index (χ0v) is 72.1. The van der Waals surface area contributed by atoms with Gasteiger partial charge in [0.15, 0.2) is 6.40 Å². The van der Waals surface area contributed by atoms with E-state index >= 15 is 0 Å². The molecule has 4 aromatic rings. The number of aliphatic imine (C=N–C) groups is 4. The van der Waals surface area contributed by atoms with Crippen LogP contribution in [0.15, 0.2) is 134 Å². The SMILES string of the molecule is C1=NCCC1.C1=NCCN1.C1=NCCO1.C1=NCCS1.C1=NOCC1.C1=NSCC1.CC.CC.CC.CC.CC.CC.CC.CC.CC.CC.CC.CC.CC.CC.CC.CC.CC.CC.CC.CC.c1ccncc1.c1ccnnc1.c1cnccn1.c1cncnc1. The van der Waals surface area contributed by atoms with Gasteiger partial charge in [-0.15, -0.1) is 11.8 Å². The molecule has 0 aliphatic carbocycles. The summed E-state index contributed by atoms with van der Waals surface area (Å²) in [4.78, 5) is 38.6. The van der Waals surface area contributed by atoms with Gasteiger partial charge < -0.3 is 14.9 Å². The Balaban J connectivity index is -0.0000000340. The van der Waals surface area contributed by atoms with E-state index in [1.807, 2.05) is 325 Å². The molecule has 0 unspecified atom stereocenters. The summed E-state index contributed by atoms with van der Waals surface area (Å²) in [7, 11) is 0. The van der Waals surface area contributed by atoms with Crippen molar-refractivity contribution in [2.75, 3.05) is 57.4 Å². The van der Waals surface area contributed by atoms with E-state index in [2.05, 4.69) is 79.5 Å². The predicted octanol–water partition coefficient (Wildman–Crippen LogP) is 25.8. The first-order valence-corrected chi connectivity index (χ1v) is 39.1. The average molecular weight is 1380 g/mol. The van der Waals surface area contributed by atoms with Crippen molar-refractivity contribution in [2.24, 2.45) is 29.5 Å². The van der Waals surface area contributed by atoms with Crippen LogP contribution in [0.4, 0.5) is 0 Å². The van der Waals surface area contributed by atoms with Crippen molar-refractivity contribution in [1.29, 1.82) is 0 Å². The van der Waals surface area contributed by atoms with Crippen molar-refractivity contribution < 1.29 is 9.57 Å². The topological polar surface area (TPSA) is 195 Å². The maximum absolute atomic E-state index is 4.65. The molecule has 0 spiro atoms. The molecule has 6 aliphatic rings. The van der Waals surface area contributed by atoms with Gasteiger partial charge in [0.1, 0.15) is 19.5 Å². The van der Waals surface area contributed by atoms with Crippen molar-refractivity contribution in [3.05, 3.63) is 105 Å². The monoisotopic (exact) mass is 1380 g/mol. The van der Waals surface area contributed by atoms with Gasteiger partial charge in [0.25, 0.3) is 0 Å². The summed E-state index contributed by atoms with van der Waals surface area (Å²) in [5.74, 6) is 2.39. The third kappa shape index (κ3) is 269. The van der Waals surface area contributed by atoms with Crippen molar-refractivity contribution in [2.45, 2.75) is 303 Å². The zero-order chi connectivity index (χ0) is 78.2. The second-order valence-electron chi connectivity index (χ2n) is 9.54. The summed E-state index contributed by atoms with van der Waals surface area (Å²) in [6.45, 7) is 86.5. The Morgan fingerprint density at radius 3 is 0.862 bits per heavy atom. The van der Waals surface area contributed by atoms with Crippen LogP contribution in [0, 0.1) is 0 Å². The van der Waals surface area contributed by atoms with E-state index in [4.69, 9.17) is 0 Å². The summed E-state index contributed by atoms with van der Waals surface area (Å²) in [6.07, 6.45) is 31.8. The number of hydrogen-bond donors (Lipinski definition) is 1. The highest BCUT2D eigenvalue weighted by atomic mass is 32.2. The molecule has 10 rings (SSSR count). The lowest BCUT2D eigenvalue weighted by molar-refractivity contribution is 0.174. The lowest BCUT2D eigenvalue weighted by Gasteiger charge is -1.76. The Morgan fingerprint density at radius 2 is 0.755 bits per heavy atom. The number of thioether (sulfide) groups is 1. The molecule has 0 atom stereocenters. The van der Waals surface area contributed by atoms with Gasteiger partial charge >= 0.3 is 0 Å². The first kappa shape index (κ1) is 144. The van der Waals surface area contributed by atoms with Crippen molar-refractivity contribution in [3.63, 3.8) is 0 Å². The van der Waals surface area contributed by atoms with Crippen LogP contribution in [-0.4, -0.2) is 129 Å². The molecule has 0 bridgehead atoms. The van der Waals surface area contributed by atoms with Crippen LogP contribution in [0.1, 0.15) is 303 Å². The van der Waals surface area contributed by atoms with Crippen molar-refractivity contribution in [1.82, 2.24) is 40.4 Å². The van der Waals surface area contributed by atoms with Crippen LogP contribution < -0.4 is 5.32 Å². The molecule has 568 valence electrons. The molecule has 0 amide bonds. The highest BCUT2D eigenvalue weighted by Gasteiger charge is 1.88. The minimum absolute atomic E-state index is 0.778. The fourth-order valence-electron chi connectivity index (χ4n) is 2.91. The Kier molecular flexibility index (Phi) is 428. The van der Waals surface area contributed by atoms with Gasteiger partial charge in [-0.25, -0.2) is 14.4 Å². The summed E-state index contributed by atoms with van der Waals surface area (Å²) in [5, 5.41) is 13.5. The molecule has 10 heterocycles. The van der Waals surface area contributed by atoms with E-state index in [0.29, 0.717) is 0 Å². The third-order valence-corrected chi connectivity index (χ3v) is 6.70. The predicted molar refractivity (Wildman–Crippen MR) is 451 cm³/mol. The molecule has 0 radical (unpaired) electrons. The Morgan fingerprint density at radius 1 is 0.330 bits per heavy atom. The molecule has 0 saturated heterocycles. The molecule has 0 fully saturated rings. The first-order chi connectivity index (χ1) is 47.0. The Hall–Kier alpha value is -5.49. The number of hydrogen-bond acceptors (Lipinski definition) is 18. The van der Waals surface area contributed by atoms with E-state index < -0.39 is 0 Å². The molecular formula is C76H170N14O2S2. The molecule has 94 heavy (non-hydrogen) atoms. The number of aromatic nitrogens is 7. The van der Waals surface area contributed by atoms with Gasteiger partial charge in [-0.1, -0.05) is 288 Å². The van der Waals surface area contributed by atoms with Gasteiger partial charge in [-0.2, -0.15) is 10.2 Å². The van der Waals surface area contributed by atoms with E-state index in [-0.39, 0.29) is 0 Å². The van der Waals surface area contributed by atoms with Gasteiger partial charge in [0.05, 0.1) is 25.0 Å². The summed E-state index contributed by atoms with van der Waals surface area (Å²) in [5.41, 5.74) is 1.90. The molecule has 1 N–H and O–H groups in total. The smallest absolute Gasteiger partial charge is 0.169 e. The Bertz CT molecular complexity index is 1070. The fraction of sp³-hybridized carbons (Fsp3) is 0.697. The number of nitrogens with zero attached hydrogens (tertiary/aromatic N) is 13. The highest BCUT2D eigenvalue weighted by molar-refractivity contribution is 8.12. The summed E-state index contributed by atoms with van der Waals surface area (Å²) < 4.78 is 8.53. The van der Waals surface area contributed by atoms with E-state index in [0.717, 1.165) is 52.4 Å². The molecular weight excluding hydrogens is 1210 g/mol. The number of pyridine rings is 1. The van der Waals surface area contributed by atoms with Gasteiger partial charge in [-0.05, 0) is 67.8 Å². The van der Waals surface area contributed by atoms with Crippen molar-refractivity contribution in [3.8, 4) is 0 Å². The second kappa shape index (κ2) is 278. The van der Waals surface area contributed by atoms with Crippen LogP contribution in [0.25, 0.3) is 0 Å². The minimum atomic E-state index is 0.778. The van der Waals surface area contributed by atoms with Crippen LogP contribution in [0.5, 0.6) is 0 Å². The lowest BCUT2D eigenvalue weighted by Crippen LogP contribution is -2.04. The molecule has 0 saturated carbocycles. The zero-order valence-electron chi connectivity index (χ0n) is 70.4. The standard InChI is InChI=1S/C5H5N.3C4H4N2.C4H7N.C3H6N2.2C3H5NO.2C3H5NS.20C2H6/c1-2-4-6-5-3-1;1-2-6-4-3-5-1;1-2-5-4-6-3-1;1-2-4-6-5-3-1;1-2-4-5-3-1;2*1-2-5-3-4-1;1-2-4-5-3-1;1-2-5-3-4-1;1-2-4-5-3-1;20*1-2/h1-5H;3*1-4H;3H,1-2,4H2;3H,1-2H2,(H,4,5);3H,1-2H2;2H,1,3H2;3H,1-2H2;2H,1,3H2;20*1-2H3. The van der Waals surface area contributed by atoms with Crippen LogP contribution in [0.2, 0.25) is 0 Å². The van der Waals surface area contributed by atoms with Gasteiger partial charge in [0.2, 0.25) is 0 Å². The van der Waals surface area contributed by atoms with Crippen LogP contribution >= 0.6 is 23.7 Å². The lowest BCUT2D eigenvalue weighted by atomic mass is 10.4. The van der Waals surface area contributed by atoms with Crippen LogP contribution in [0.3, 0.4) is 0 Å². The number of rotatable bonds is 0. The first-order valence-electron chi connectivity index (χ1n) is 37.1. The Labute approximate surface area is 601 Å². The molecule has 6 aliphatic heterocycles. The number of nitrogens with one attached hydrogen (secondary N) is 1. The fourth-order valence-corrected chi connectivity index (χ4v) is 3.96. The normalized spacial score (nSPS) is 9.70. The van der Waals surface area contributed by atoms with Crippen LogP contribution in [-0.2, 0) is 9.57 Å².